The lowest BCUT2D eigenvalue weighted by atomic mass is 9.76. The number of alkyl halides is 1. The predicted octanol–water partition coefficient (Wildman–Crippen LogP) is 3.85. The summed E-state index contributed by atoms with van der Waals surface area (Å²) in [6.45, 7) is 1.52. The van der Waals surface area contributed by atoms with Crippen LogP contribution in [0.5, 0.6) is 11.5 Å². The summed E-state index contributed by atoms with van der Waals surface area (Å²) in [7, 11) is 3.17. The van der Waals surface area contributed by atoms with Crippen LogP contribution < -0.4 is 15.2 Å². The van der Waals surface area contributed by atoms with E-state index in [1.807, 2.05) is 6.07 Å². The van der Waals surface area contributed by atoms with Gasteiger partial charge in [0.1, 0.15) is 6.17 Å². The number of hydrogen-bond acceptors (Lipinski definition) is 3. The number of nitrogens with two attached hydrogens (primary N) is 1. The first-order chi connectivity index (χ1) is 9.51. The van der Waals surface area contributed by atoms with E-state index in [9.17, 15) is 4.39 Å². The molecular weight excluding hydrogens is 257 g/mol. The molecule has 0 aromatic heterocycles. The Morgan fingerprint density at radius 3 is 2.30 bits per heavy atom. The Morgan fingerprint density at radius 1 is 1.15 bits per heavy atom. The van der Waals surface area contributed by atoms with Crippen molar-refractivity contribution >= 4 is 0 Å². The maximum absolute atomic E-state index is 13.7. The lowest BCUT2D eigenvalue weighted by Gasteiger charge is -2.35. The second-order valence-electron chi connectivity index (χ2n) is 5.64. The minimum Gasteiger partial charge on any atom is -0.493 e. The minimum absolute atomic E-state index is 0.443. The van der Waals surface area contributed by atoms with Crippen molar-refractivity contribution in [2.45, 2.75) is 50.7 Å². The normalized spacial score (nSPS) is 19.4. The Morgan fingerprint density at radius 2 is 1.80 bits per heavy atom. The fraction of sp³-hybridized carbons (Fsp3) is 0.625. The first-order valence-corrected chi connectivity index (χ1v) is 7.21. The molecule has 0 spiro atoms. The van der Waals surface area contributed by atoms with Crippen molar-refractivity contribution < 1.29 is 13.9 Å². The summed E-state index contributed by atoms with van der Waals surface area (Å²) in [5.41, 5.74) is 7.61. The van der Waals surface area contributed by atoms with Crippen molar-refractivity contribution in [1.82, 2.24) is 0 Å². The van der Waals surface area contributed by atoms with Gasteiger partial charge in [-0.2, -0.15) is 0 Å². The molecule has 0 amide bonds. The highest BCUT2D eigenvalue weighted by Crippen LogP contribution is 2.44. The van der Waals surface area contributed by atoms with Crippen LogP contribution in [-0.4, -0.2) is 14.2 Å². The van der Waals surface area contributed by atoms with Gasteiger partial charge in [-0.15, -0.1) is 0 Å². The van der Waals surface area contributed by atoms with E-state index < -0.39 is 11.7 Å². The maximum Gasteiger partial charge on any atom is 0.165 e. The van der Waals surface area contributed by atoms with Crippen LogP contribution in [0, 0.1) is 0 Å². The molecule has 0 saturated heterocycles. The lowest BCUT2D eigenvalue weighted by molar-refractivity contribution is 0.280. The van der Waals surface area contributed by atoms with Gasteiger partial charge in [-0.3, -0.25) is 0 Å². The average molecular weight is 281 g/mol. The van der Waals surface area contributed by atoms with Crippen molar-refractivity contribution in [1.29, 1.82) is 0 Å². The SMILES string of the molecule is COc1cc(C(C)F)cc(C2(N)CCCCC2)c1OC. The predicted molar refractivity (Wildman–Crippen MR) is 78.0 cm³/mol. The molecule has 112 valence electrons. The van der Waals surface area contributed by atoms with Crippen molar-refractivity contribution in [3.63, 3.8) is 0 Å². The minimum atomic E-state index is -1.05. The van der Waals surface area contributed by atoms with Crippen LogP contribution in [0.3, 0.4) is 0 Å². The van der Waals surface area contributed by atoms with Gasteiger partial charge in [0.05, 0.1) is 14.2 Å². The zero-order valence-corrected chi connectivity index (χ0v) is 12.5. The summed E-state index contributed by atoms with van der Waals surface area (Å²) >= 11 is 0. The van der Waals surface area contributed by atoms with Gasteiger partial charge < -0.3 is 15.2 Å². The van der Waals surface area contributed by atoms with Gasteiger partial charge in [0.2, 0.25) is 0 Å². The number of halogens is 1. The second-order valence-corrected chi connectivity index (χ2v) is 5.64. The van der Waals surface area contributed by atoms with E-state index in [-0.39, 0.29) is 0 Å². The highest BCUT2D eigenvalue weighted by molar-refractivity contribution is 5.53. The van der Waals surface area contributed by atoms with Crippen LogP contribution >= 0.6 is 0 Å². The molecule has 0 aliphatic heterocycles. The van der Waals surface area contributed by atoms with E-state index in [4.69, 9.17) is 15.2 Å². The molecule has 1 aromatic rings. The molecule has 1 saturated carbocycles. The van der Waals surface area contributed by atoms with Gasteiger partial charge in [-0.05, 0) is 37.5 Å². The van der Waals surface area contributed by atoms with Gasteiger partial charge in [-0.1, -0.05) is 19.3 Å². The third-order valence-electron chi connectivity index (χ3n) is 4.24. The van der Waals surface area contributed by atoms with Crippen LogP contribution in [-0.2, 0) is 5.54 Å². The molecule has 1 aromatic carbocycles. The van der Waals surface area contributed by atoms with E-state index in [1.165, 1.54) is 13.3 Å². The molecule has 3 nitrogen and oxygen atoms in total. The summed E-state index contributed by atoms with van der Waals surface area (Å²) < 4.78 is 24.6. The first kappa shape index (κ1) is 15.1. The monoisotopic (exact) mass is 281 g/mol. The Hall–Kier alpha value is -1.29. The van der Waals surface area contributed by atoms with E-state index in [1.54, 1.807) is 20.3 Å². The lowest BCUT2D eigenvalue weighted by Crippen LogP contribution is -2.39. The van der Waals surface area contributed by atoms with E-state index in [0.29, 0.717) is 17.1 Å². The third-order valence-corrected chi connectivity index (χ3v) is 4.24. The van der Waals surface area contributed by atoms with Gasteiger partial charge in [0.25, 0.3) is 0 Å². The molecule has 4 heteroatoms. The number of hydrogen-bond donors (Lipinski definition) is 1. The molecule has 1 atom stereocenters. The molecule has 0 bridgehead atoms. The highest BCUT2D eigenvalue weighted by atomic mass is 19.1. The quantitative estimate of drug-likeness (QED) is 0.911. The summed E-state index contributed by atoms with van der Waals surface area (Å²) in [5, 5.41) is 0. The van der Waals surface area contributed by atoms with Gasteiger partial charge in [0, 0.05) is 11.1 Å². The van der Waals surface area contributed by atoms with Crippen LogP contribution in [0.4, 0.5) is 4.39 Å². The smallest absolute Gasteiger partial charge is 0.165 e. The Bertz CT molecular complexity index is 468. The summed E-state index contributed by atoms with van der Waals surface area (Å²) in [6, 6.07) is 3.54. The molecular formula is C16H24FNO2. The Kier molecular flexibility index (Phi) is 4.53. The summed E-state index contributed by atoms with van der Waals surface area (Å²) in [4.78, 5) is 0. The van der Waals surface area contributed by atoms with Crippen molar-refractivity contribution in [3.8, 4) is 11.5 Å². The molecule has 0 radical (unpaired) electrons. The van der Waals surface area contributed by atoms with Crippen molar-refractivity contribution in [3.05, 3.63) is 23.3 Å². The van der Waals surface area contributed by atoms with Crippen LogP contribution in [0.15, 0.2) is 12.1 Å². The fourth-order valence-electron chi connectivity index (χ4n) is 3.04. The average Bonchev–Trinajstić information content (AvgIpc) is 2.46. The van der Waals surface area contributed by atoms with Crippen LogP contribution in [0.2, 0.25) is 0 Å². The molecule has 20 heavy (non-hydrogen) atoms. The number of rotatable bonds is 4. The number of methoxy groups -OCH3 is 2. The number of ether oxygens (including phenoxy) is 2. The van der Waals surface area contributed by atoms with Crippen LogP contribution in [0.25, 0.3) is 0 Å². The summed E-state index contributed by atoms with van der Waals surface area (Å²) in [6.07, 6.45) is 4.14. The van der Waals surface area contributed by atoms with E-state index >= 15 is 0 Å². The standard InChI is InChI=1S/C16H24FNO2/c1-11(17)12-9-13(15(20-3)14(10-12)19-2)16(18)7-5-4-6-8-16/h9-11H,4-8,18H2,1-3H3. The molecule has 1 aliphatic rings. The zero-order chi connectivity index (χ0) is 14.8. The first-order valence-electron chi connectivity index (χ1n) is 7.21. The van der Waals surface area contributed by atoms with Gasteiger partial charge in [0.15, 0.2) is 11.5 Å². The van der Waals surface area contributed by atoms with Crippen molar-refractivity contribution in [2.24, 2.45) is 5.73 Å². The molecule has 1 aliphatic carbocycles. The Balaban J connectivity index is 2.56. The third kappa shape index (κ3) is 2.75. The highest BCUT2D eigenvalue weighted by Gasteiger charge is 2.34. The maximum atomic E-state index is 13.7. The fourth-order valence-corrected chi connectivity index (χ4v) is 3.04. The van der Waals surface area contributed by atoms with Gasteiger partial charge >= 0.3 is 0 Å². The molecule has 0 heterocycles. The summed E-state index contributed by atoms with van der Waals surface area (Å²) in [5.74, 6) is 1.20. The topological polar surface area (TPSA) is 44.5 Å². The van der Waals surface area contributed by atoms with Crippen molar-refractivity contribution in [2.75, 3.05) is 14.2 Å². The number of benzene rings is 1. The van der Waals surface area contributed by atoms with Gasteiger partial charge in [-0.25, -0.2) is 4.39 Å². The van der Waals surface area contributed by atoms with E-state index in [0.717, 1.165) is 31.2 Å². The molecule has 1 unspecified atom stereocenters. The molecule has 1 fully saturated rings. The second kappa shape index (κ2) is 6.00. The molecule has 2 N–H and O–H groups in total. The molecule has 2 rings (SSSR count). The van der Waals surface area contributed by atoms with E-state index in [2.05, 4.69) is 0 Å². The zero-order valence-electron chi connectivity index (χ0n) is 12.5. The largest absolute Gasteiger partial charge is 0.493 e. The van der Waals surface area contributed by atoms with Crippen LogP contribution in [0.1, 0.15) is 56.3 Å². The Labute approximate surface area is 120 Å².